The molecule has 1 aromatic rings. The van der Waals surface area contributed by atoms with Crippen LogP contribution in [-0.2, 0) is 11.3 Å². The molecule has 2 aliphatic heterocycles. The van der Waals surface area contributed by atoms with Gasteiger partial charge >= 0.3 is 0 Å². The smallest absolute Gasteiger partial charge is 0.244 e. The fourth-order valence-electron chi connectivity index (χ4n) is 3.97. The highest BCUT2D eigenvalue weighted by Gasteiger charge is 2.38. The Bertz CT molecular complexity index is 498. The number of hydrogen-bond acceptors (Lipinski definition) is 3. The first-order valence-corrected chi connectivity index (χ1v) is 8.21. The predicted molar refractivity (Wildman–Crippen MR) is 82.0 cm³/mol. The van der Waals surface area contributed by atoms with Gasteiger partial charge in [0.2, 0.25) is 5.91 Å². The van der Waals surface area contributed by atoms with Gasteiger partial charge in [-0.25, -0.2) is 0 Å². The summed E-state index contributed by atoms with van der Waals surface area (Å²) in [5.74, 6) is 0.226. The van der Waals surface area contributed by atoms with Gasteiger partial charge < -0.3 is 4.90 Å². The molecule has 21 heavy (non-hydrogen) atoms. The third-order valence-corrected chi connectivity index (χ3v) is 4.94. The summed E-state index contributed by atoms with van der Waals surface area (Å²) in [4.78, 5) is 17.3. The van der Waals surface area contributed by atoms with Crippen molar-refractivity contribution in [2.75, 3.05) is 19.6 Å². The average Bonchev–Trinajstić information content (AvgIpc) is 3.16. The number of carbonyl (C=O) groups is 1. The normalized spacial score (nSPS) is 26.7. The van der Waals surface area contributed by atoms with E-state index >= 15 is 0 Å². The second-order valence-corrected chi connectivity index (χ2v) is 6.35. The molecule has 0 aromatic carbocycles. The SMILES string of the molecule is CCN1CCC[C@@H]1[C@H]1CCCN1C(=O)Cn1cc(C)cn1. The van der Waals surface area contributed by atoms with Gasteiger partial charge in [-0.1, -0.05) is 6.92 Å². The third kappa shape index (κ3) is 2.98. The number of carbonyl (C=O) groups excluding carboxylic acids is 1. The molecule has 5 heteroatoms. The lowest BCUT2D eigenvalue weighted by molar-refractivity contribution is -0.133. The van der Waals surface area contributed by atoms with E-state index in [1.807, 2.05) is 19.3 Å². The van der Waals surface area contributed by atoms with Gasteiger partial charge in [0.25, 0.3) is 0 Å². The molecule has 0 N–H and O–H groups in total. The minimum absolute atomic E-state index is 0.226. The average molecular weight is 290 g/mol. The summed E-state index contributed by atoms with van der Waals surface area (Å²) in [5.41, 5.74) is 1.11. The highest BCUT2D eigenvalue weighted by molar-refractivity contribution is 5.76. The van der Waals surface area contributed by atoms with Crippen LogP contribution in [0.15, 0.2) is 12.4 Å². The van der Waals surface area contributed by atoms with E-state index in [9.17, 15) is 4.79 Å². The van der Waals surface area contributed by atoms with Gasteiger partial charge in [0.15, 0.2) is 0 Å². The van der Waals surface area contributed by atoms with E-state index in [0.717, 1.165) is 31.5 Å². The molecule has 5 nitrogen and oxygen atoms in total. The van der Waals surface area contributed by atoms with E-state index in [0.29, 0.717) is 18.6 Å². The molecule has 1 aromatic heterocycles. The molecule has 2 saturated heterocycles. The molecule has 3 heterocycles. The number of aromatic nitrogens is 2. The third-order valence-electron chi connectivity index (χ3n) is 4.94. The summed E-state index contributed by atoms with van der Waals surface area (Å²) >= 11 is 0. The molecule has 3 rings (SSSR count). The maximum absolute atomic E-state index is 12.6. The fraction of sp³-hybridized carbons (Fsp3) is 0.750. The lowest BCUT2D eigenvalue weighted by atomic mass is 10.0. The Morgan fingerprint density at radius 2 is 2.05 bits per heavy atom. The van der Waals surface area contributed by atoms with Crippen molar-refractivity contribution in [2.45, 2.75) is 58.2 Å². The Balaban J connectivity index is 1.67. The van der Waals surface area contributed by atoms with E-state index in [1.165, 1.54) is 19.4 Å². The first-order chi connectivity index (χ1) is 10.2. The molecular formula is C16H26N4O. The summed E-state index contributed by atoms with van der Waals surface area (Å²) in [5, 5.41) is 4.24. The zero-order valence-corrected chi connectivity index (χ0v) is 13.2. The minimum Gasteiger partial charge on any atom is -0.337 e. The molecule has 0 bridgehead atoms. The number of likely N-dealkylation sites (tertiary alicyclic amines) is 2. The van der Waals surface area contributed by atoms with Crippen LogP contribution in [-0.4, -0.2) is 57.2 Å². The van der Waals surface area contributed by atoms with Crippen molar-refractivity contribution in [3.8, 4) is 0 Å². The summed E-state index contributed by atoms with van der Waals surface area (Å²) in [6, 6.07) is 0.984. The highest BCUT2D eigenvalue weighted by atomic mass is 16.2. The predicted octanol–water partition coefficient (Wildman–Crippen LogP) is 1.67. The van der Waals surface area contributed by atoms with Crippen LogP contribution >= 0.6 is 0 Å². The van der Waals surface area contributed by atoms with Gasteiger partial charge in [-0.3, -0.25) is 14.4 Å². The van der Waals surface area contributed by atoms with E-state index in [4.69, 9.17) is 0 Å². The van der Waals surface area contributed by atoms with Crippen molar-refractivity contribution in [2.24, 2.45) is 0 Å². The van der Waals surface area contributed by atoms with Crippen molar-refractivity contribution < 1.29 is 4.79 Å². The maximum atomic E-state index is 12.6. The van der Waals surface area contributed by atoms with E-state index in [-0.39, 0.29) is 5.91 Å². The summed E-state index contributed by atoms with van der Waals surface area (Å²) in [7, 11) is 0. The van der Waals surface area contributed by atoms with E-state index in [2.05, 4.69) is 21.8 Å². The van der Waals surface area contributed by atoms with Crippen LogP contribution < -0.4 is 0 Å². The highest BCUT2D eigenvalue weighted by Crippen LogP contribution is 2.29. The second kappa shape index (κ2) is 6.18. The Hall–Kier alpha value is -1.36. The molecular weight excluding hydrogens is 264 g/mol. The topological polar surface area (TPSA) is 41.4 Å². The van der Waals surface area contributed by atoms with Gasteiger partial charge in [-0.2, -0.15) is 5.10 Å². The lowest BCUT2D eigenvalue weighted by Crippen LogP contribution is -2.49. The van der Waals surface area contributed by atoms with Crippen LogP contribution in [0.1, 0.15) is 38.2 Å². The quantitative estimate of drug-likeness (QED) is 0.847. The number of nitrogens with zero attached hydrogens (tertiary/aromatic N) is 4. The minimum atomic E-state index is 0.226. The maximum Gasteiger partial charge on any atom is 0.244 e. The molecule has 0 spiro atoms. The van der Waals surface area contributed by atoms with Crippen LogP contribution in [0.5, 0.6) is 0 Å². The largest absolute Gasteiger partial charge is 0.337 e. The van der Waals surface area contributed by atoms with Crippen molar-refractivity contribution in [1.82, 2.24) is 19.6 Å². The Kier molecular flexibility index (Phi) is 4.29. The van der Waals surface area contributed by atoms with Crippen molar-refractivity contribution in [1.29, 1.82) is 0 Å². The van der Waals surface area contributed by atoms with Crippen LogP contribution in [0.2, 0.25) is 0 Å². The van der Waals surface area contributed by atoms with Crippen LogP contribution in [0, 0.1) is 6.92 Å². The first-order valence-electron chi connectivity index (χ1n) is 8.21. The number of rotatable bonds is 4. The monoisotopic (exact) mass is 290 g/mol. The number of amides is 1. The first kappa shape index (κ1) is 14.6. The molecule has 0 aliphatic carbocycles. The number of aryl methyl sites for hydroxylation is 1. The van der Waals surface area contributed by atoms with Crippen molar-refractivity contribution >= 4 is 5.91 Å². The van der Waals surface area contributed by atoms with Crippen LogP contribution in [0.4, 0.5) is 0 Å². The zero-order chi connectivity index (χ0) is 14.8. The summed E-state index contributed by atoms with van der Waals surface area (Å²) < 4.78 is 1.76. The lowest BCUT2D eigenvalue weighted by Gasteiger charge is -2.34. The molecule has 2 aliphatic rings. The van der Waals surface area contributed by atoms with E-state index in [1.54, 1.807) is 4.68 Å². The van der Waals surface area contributed by atoms with Gasteiger partial charge in [0.05, 0.1) is 6.20 Å². The number of likely N-dealkylation sites (N-methyl/N-ethyl adjacent to an activating group) is 1. The van der Waals surface area contributed by atoms with Gasteiger partial charge in [0, 0.05) is 24.8 Å². The van der Waals surface area contributed by atoms with E-state index < -0.39 is 0 Å². The van der Waals surface area contributed by atoms with Crippen molar-refractivity contribution in [3.05, 3.63) is 18.0 Å². The molecule has 2 fully saturated rings. The molecule has 0 radical (unpaired) electrons. The Morgan fingerprint density at radius 1 is 1.29 bits per heavy atom. The Labute approximate surface area is 126 Å². The molecule has 1 amide bonds. The molecule has 0 saturated carbocycles. The van der Waals surface area contributed by atoms with Crippen LogP contribution in [0.3, 0.4) is 0 Å². The molecule has 0 unspecified atom stereocenters. The summed E-state index contributed by atoms with van der Waals surface area (Å²) in [6.45, 7) is 7.82. The zero-order valence-electron chi connectivity index (χ0n) is 13.2. The molecule has 2 atom stereocenters. The van der Waals surface area contributed by atoms with Crippen molar-refractivity contribution in [3.63, 3.8) is 0 Å². The van der Waals surface area contributed by atoms with Gasteiger partial charge in [-0.15, -0.1) is 0 Å². The molecule has 116 valence electrons. The van der Waals surface area contributed by atoms with Crippen LogP contribution in [0.25, 0.3) is 0 Å². The second-order valence-electron chi connectivity index (χ2n) is 6.35. The summed E-state index contributed by atoms with van der Waals surface area (Å²) in [6.07, 6.45) is 8.56. The van der Waals surface area contributed by atoms with Gasteiger partial charge in [-0.05, 0) is 51.3 Å². The van der Waals surface area contributed by atoms with Gasteiger partial charge in [0.1, 0.15) is 6.54 Å². The fourth-order valence-corrected chi connectivity index (χ4v) is 3.97. The number of hydrogen-bond donors (Lipinski definition) is 0. The standard InChI is InChI=1S/C16H26N4O/c1-3-18-8-4-6-14(18)15-7-5-9-20(15)16(21)12-19-11-13(2)10-17-19/h10-11,14-15H,3-9,12H2,1-2H3/t14-,15-/m1/s1. The Morgan fingerprint density at radius 3 is 2.76 bits per heavy atom.